The summed E-state index contributed by atoms with van der Waals surface area (Å²) in [6.45, 7) is 1.31. The Balaban J connectivity index is 2.30. The molecule has 0 atom stereocenters. The zero-order valence-corrected chi connectivity index (χ0v) is 11.3. The van der Waals surface area contributed by atoms with Crippen LogP contribution in [-0.4, -0.2) is 36.7 Å². The van der Waals surface area contributed by atoms with Crippen LogP contribution in [0.4, 0.5) is 0 Å². The molecule has 0 unspecified atom stereocenters. The molecule has 0 radical (unpaired) electrons. The highest BCUT2D eigenvalue weighted by Gasteiger charge is 2.46. The predicted octanol–water partition coefficient (Wildman–Crippen LogP) is 0.558. The Morgan fingerprint density at radius 3 is 2.56 bits per heavy atom. The molecule has 1 aromatic rings. The maximum Gasteiger partial charge on any atom is 0.346 e. The van der Waals surface area contributed by atoms with Crippen molar-refractivity contribution in [3.63, 3.8) is 0 Å². The Kier molecular flexibility index (Phi) is 3.22. The number of nitrogens with one attached hydrogen (secondary N) is 1. The Morgan fingerprint density at radius 1 is 1.56 bits per heavy atom. The molecule has 2 rings (SSSR count). The molecule has 0 bridgehead atoms. The summed E-state index contributed by atoms with van der Waals surface area (Å²) in [4.78, 5) is 10.9. The number of aliphatic hydroxyl groups excluding tert-OH is 1. The van der Waals surface area contributed by atoms with Gasteiger partial charge >= 0.3 is 5.97 Å². The van der Waals surface area contributed by atoms with Crippen molar-refractivity contribution in [1.82, 2.24) is 4.72 Å². The number of hydrogen-bond acceptors (Lipinski definition) is 5. The van der Waals surface area contributed by atoms with Crippen LogP contribution < -0.4 is 4.72 Å². The fraction of sp³-hybridized carbons (Fsp3) is 0.500. The van der Waals surface area contributed by atoms with Crippen molar-refractivity contribution < 1.29 is 23.4 Å². The third-order valence-corrected chi connectivity index (χ3v) is 6.14. The van der Waals surface area contributed by atoms with E-state index in [1.54, 1.807) is 6.92 Å². The Morgan fingerprint density at radius 2 is 2.17 bits per heavy atom. The van der Waals surface area contributed by atoms with Gasteiger partial charge in [-0.2, -0.15) is 0 Å². The summed E-state index contributed by atoms with van der Waals surface area (Å²) in [6, 6.07) is 1.34. The summed E-state index contributed by atoms with van der Waals surface area (Å²) in [7, 11) is -3.76. The van der Waals surface area contributed by atoms with Gasteiger partial charge in [-0.3, -0.25) is 0 Å². The standard InChI is InChI=1S/C10H13NO5S2/c1-6-4-7(17-8(6)9(13)14)18(15,16)11-10(5-12)2-3-10/h4,11-12H,2-3,5H2,1H3,(H,13,14). The number of aryl methyl sites for hydroxylation is 1. The highest BCUT2D eigenvalue weighted by molar-refractivity contribution is 7.91. The number of aliphatic hydroxyl groups is 1. The first-order valence-corrected chi connectivity index (χ1v) is 7.58. The van der Waals surface area contributed by atoms with E-state index >= 15 is 0 Å². The molecule has 1 saturated carbocycles. The lowest BCUT2D eigenvalue weighted by atomic mass is 10.3. The van der Waals surface area contributed by atoms with Gasteiger partial charge in [-0.1, -0.05) is 0 Å². The maximum absolute atomic E-state index is 12.0. The second-order valence-corrected chi connectivity index (χ2v) is 7.39. The highest BCUT2D eigenvalue weighted by Crippen LogP contribution is 2.37. The normalized spacial score (nSPS) is 17.7. The van der Waals surface area contributed by atoms with Gasteiger partial charge in [0, 0.05) is 0 Å². The molecular weight excluding hydrogens is 278 g/mol. The average molecular weight is 291 g/mol. The van der Waals surface area contributed by atoms with Crippen molar-refractivity contribution in [3.8, 4) is 0 Å². The number of thiophene rings is 1. The Labute approximate surface area is 108 Å². The smallest absolute Gasteiger partial charge is 0.346 e. The highest BCUT2D eigenvalue weighted by atomic mass is 32.2. The molecule has 6 nitrogen and oxygen atoms in total. The minimum absolute atomic E-state index is 0.0178. The minimum atomic E-state index is -3.76. The first kappa shape index (κ1) is 13.5. The number of aromatic carboxylic acids is 1. The maximum atomic E-state index is 12.0. The van der Waals surface area contributed by atoms with E-state index in [-0.39, 0.29) is 15.7 Å². The van der Waals surface area contributed by atoms with E-state index in [0.717, 1.165) is 11.3 Å². The number of rotatable bonds is 5. The molecule has 0 amide bonds. The lowest BCUT2D eigenvalue weighted by Crippen LogP contribution is -2.39. The third kappa shape index (κ3) is 2.41. The van der Waals surface area contributed by atoms with Crippen molar-refractivity contribution in [1.29, 1.82) is 0 Å². The van der Waals surface area contributed by atoms with Crippen LogP contribution in [-0.2, 0) is 10.0 Å². The molecule has 0 spiro atoms. The summed E-state index contributed by atoms with van der Waals surface area (Å²) in [6.07, 6.45) is 1.19. The van der Waals surface area contributed by atoms with Gasteiger partial charge in [-0.05, 0) is 31.4 Å². The monoisotopic (exact) mass is 291 g/mol. The van der Waals surface area contributed by atoms with Crippen LogP contribution in [0.2, 0.25) is 0 Å². The minimum Gasteiger partial charge on any atom is -0.477 e. The second kappa shape index (κ2) is 4.30. The molecule has 0 aliphatic heterocycles. The van der Waals surface area contributed by atoms with Crippen molar-refractivity contribution in [2.75, 3.05) is 6.61 Å². The molecule has 8 heteroatoms. The van der Waals surface area contributed by atoms with Gasteiger partial charge in [0.05, 0.1) is 12.1 Å². The Bertz CT molecular complexity index is 585. The number of sulfonamides is 1. The lowest BCUT2D eigenvalue weighted by molar-refractivity contribution is 0.0701. The topological polar surface area (TPSA) is 104 Å². The van der Waals surface area contributed by atoms with Gasteiger partial charge in [-0.25, -0.2) is 17.9 Å². The van der Waals surface area contributed by atoms with E-state index in [4.69, 9.17) is 10.2 Å². The van der Waals surface area contributed by atoms with Crippen LogP contribution >= 0.6 is 11.3 Å². The van der Waals surface area contributed by atoms with E-state index in [0.29, 0.717) is 18.4 Å². The molecule has 0 saturated heterocycles. The summed E-state index contributed by atoms with van der Waals surface area (Å²) in [5.41, 5.74) is -0.332. The van der Waals surface area contributed by atoms with E-state index in [1.165, 1.54) is 6.07 Å². The lowest BCUT2D eigenvalue weighted by Gasteiger charge is -2.13. The number of carboxylic acid groups (broad SMARTS) is 1. The van der Waals surface area contributed by atoms with E-state index < -0.39 is 21.5 Å². The second-order valence-electron chi connectivity index (χ2n) is 4.43. The average Bonchev–Trinajstić information content (AvgIpc) is 2.90. The largest absolute Gasteiger partial charge is 0.477 e. The van der Waals surface area contributed by atoms with Crippen molar-refractivity contribution in [2.45, 2.75) is 29.5 Å². The van der Waals surface area contributed by atoms with Crippen LogP contribution in [0.5, 0.6) is 0 Å². The molecular formula is C10H13NO5S2. The number of carbonyl (C=O) groups is 1. The van der Waals surface area contributed by atoms with Gasteiger partial charge in [0.25, 0.3) is 10.0 Å². The zero-order chi connectivity index (χ0) is 13.6. The van der Waals surface area contributed by atoms with Crippen LogP contribution in [0.15, 0.2) is 10.3 Å². The van der Waals surface area contributed by atoms with Crippen LogP contribution in [0.1, 0.15) is 28.1 Å². The molecule has 1 heterocycles. The summed E-state index contributed by atoms with van der Waals surface area (Å²) in [5, 5.41) is 18.0. The molecule has 1 aliphatic carbocycles. The molecule has 100 valence electrons. The molecule has 3 N–H and O–H groups in total. The van der Waals surface area contributed by atoms with Gasteiger partial charge < -0.3 is 10.2 Å². The Hall–Kier alpha value is -0.960. The summed E-state index contributed by atoms with van der Waals surface area (Å²) in [5.74, 6) is -1.14. The first-order chi connectivity index (χ1) is 8.30. The summed E-state index contributed by atoms with van der Waals surface area (Å²) >= 11 is 0.722. The zero-order valence-electron chi connectivity index (χ0n) is 9.63. The van der Waals surface area contributed by atoms with Gasteiger partial charge in [-0.15, -0.1) is 11.3 Å². The first-order valence-electron chi connectivity index (χ1n) is 5.28. The third-order valence-electron chi connectivity index (χ3n) is 2.86. The van der Waals surface area contributed by atoms with E-state index in [2.05, 4.69) is 4.72 Å². The molecule has 1 aliphatic rings. The summed E-state index contributed by atoms with van der Waals surface area (Å²) < 4.78 is 26.5. The van der Waals surface area contributed by atoms with Crippen LogP contribution in [0.25, 0.3) is 0 Å². The van der Waals surface area contributed by atoms with Gasteiger partial charge in [0.15, 0.2) is 0 Å². The van der Waals surface area contributed by atoms with E-state index in [9.17, 15) is 13.2 Å². The van der Waals surface area contributed by atoms with Crippen molar-refractivity contribution in [2.24, 2.45) is 0 Å². The number of hydrogen-bond donors (Lipinski definition) is 3. The fourth-order valence-electron chi connectivity index (χ4n) is 1.58. The van der Waals surface area contributed by atoms with E-state index in [1.807, 2.05) is 0 Å². The van der Waals surface area contributed by atoms with Gasteiger partial charge in [0.1, 0.15) is 9.09 Å². The van der Waals surface area contributed by atoms with Crippen molar-refractivity contribution in [3.05, 3.63) is 16.5 Å². The molecule has 1 aromatic heterocycles. The van der Waals surface area contributed by atoms with Crippen molar-refractivity contribution >= 4 is 27.3 Å². The molecule has 0 aromatic carbocycles. The fourth-order valence-corrected chi connectivity index (χ4v) is 4.41. The van der Waals surface area contributed by atoms with Crippen LogP contribution in [0.3, 0.4) is 0 Å². The quantitative estimate of drug-likeness (QED) is 0.735. The molecule has 18 heavy (non-hydrogen) atoms. The number of carboxylic acids is 1. The molecule has 1 fully saturated rings. The van der Waals surface area contributed by atoms with Crippen LogP contribution in [0, 0.1) is 6.92 Å². The SMILES string of the molecule is Cc1cc(S(=O)(=O)NC2(CO)CC2)sc1C(=O)O. The van der Waals surface area contributed by atoms with Gasteiger partial charge in [0.2, 0.25) is 0 Å². The predicted molar refractivity (Wildman–Crippen MR) is 65.4 cm³/mol.